The zero-order chi connectivity index (χ0) is 17.9. The van der Waals surface area contributed by atoms with Crippen LogP contribution in [0.5, 0.6) is 0 Å². The van der Waals surface area contributed by atoms with Crippen LogP contribution in [0.15, 0.2) is 30.3 Å². The second-order valence-electron chi connectivity index (χ2n) is 7.62. The minimum atomic E-state index is -0.525. The Morgan fingerprint density at radius 1 is 1.08 bits per heavy atom. The van der Waals surface area contributed by atoms with Crippen molar-refractivity contribution in [3.05, 3.63) is 35.9 Å². The molecule has 5 heteroatoms. The zero-order valence-electron chi connectivity index (χ0n) is 15.3. The minimum Gasteiger partial charge on any atom is -0.355 e. The van der Waals surface area contributed by atoms with Crippen LogP contribution in [0.2, 0.25) is 0 Å². The number of benzene rings is 1. The molecule has 0 radical (unpaired) electrons. The van der Waals surface area contributed by atoms with Gasteiger partial charge in [0.15, 0.2) is 0 Å². The average molecular weight is 343 g/mol. The standard InChI is InChI=1S/C20H29N3O2/c1-20(2,16-8-4-3-5-9-16)19(25)23-14-12-22(13-15-23)17-10-6-7-11-21-18(17)24/h3-5,8-9,17H,6-7,10-15H2,1-2H3,(H,21,24)/t17-/m0/s1. The molecule has 2 aliphatic rings. The van der Waals surface area contributed by atoms with Crippen LogP contribution in [-0.4, -0.2) is 60.4 Å². The molecule has 2 heterocycles. The van der Waals surface area contributed by atoms with Crippen molar-refractivity contribution < 1.29 is 9.59 Å². The molecule has 0 spiro atoms. The second kappa shape index (κ2) is 7.56. The van der Waals surface area contributed by atoms with Crippen molar-refractivity contribution in [2.45, 2.75) is 44.6 Å². The smallest absolute Gasteiger partial charge is 0.237 e. The summed E-state index contributed by atoms with van der Waals surface area (Å²) in [6, 6.07) is 9.94. The predicted molar refractivity (Wildman–Crippen MR) is 98.3 cm³/mol. The van der Waals surface area contributed by atoms with Gasteiger partial charge in [-0.15, -0.1) is 0 Å². The molecule has 2 amide bonds. The molecule has 1 aromatic rings. The Balaban J connectivity index is 1.62. The number of carbonyl (C=O) groups excluding carboxylic acids is 2. The van der Waals surface area contributed by atoms with Gasteiger partial charge in [0.1, 0.15) is 0 Å². The SMILES string of the molecule is CC(C)(C(=O)N1CCN([C@H]2CCCCNC2=O)CC1)c1ccccc1. The summed E-state index contributed by atoms with van der Waals surface area (Å²) >= 11 is 0. The summed E-state index contributed by atoms with van der Waals surface area (Å²) in [6.07, 6.45) is 3.07. The normalized spacial score (nSPS) is 23.0. The number of hydrogen-bond acceptors (Lipinski definition) is 3. The number of nitrogens with zero attached hydrogens (tertiary/aromatic N) is 2. The average Bonchev–Trinajstić information content (AvgIpc) is 2.86. The highest BCUT2D eigenvalue weighted by Crippen LogP contribution is 2.26. The predicted octanol–water partition coefficient (Wildman–Crippen LogP) is 1.78. The number of piperazine rings is 1. The van der Waals surface area contributed by atoms with Gasteiger partial charge in [-0.3, -0.25) is 14.5 Å². The van der Waals surface area contributed by atoms with E-state index >= 15 is 0 Å². The lowest BCUT2D eigenvalue weighted by Crippen LogP contribution is -2.57. The molecule has 0 saturated carbocycles. The van der Waals surface area contributed by atoms with Gasteiger partial charge in [0, 0.05) is 32.7 Å². The Bertz CT molecular complexity index is 607. The van der Waals surface area contributed by atoms with E-state index in [2.05, 4.69) is 10.2 Å². The van der Waals surface area contributed by atoms with Crippen LogP contribution in [0.4, 0.5) is 0 Å². The topological polar surface area (TPSA) is 52.7 Å². The molecule has 0 aliphatic carbocycles. The van der Waals surface area contributed by atoms with Gasteiger partial charge in [-0.2, -0.15) is 0 Å². The fourth-order valence-corrected chi connectivity index (χ4v) is 3.88. The number of hydrogen-bond donors (Lipinski definition) is 1. The van der Waals surface area contributed by atoms with Crippen LogP contribution in [0, 0.1) is 0 Å². The molecule has 3 rings (SSSR count). The quantitative estimate of drug-likeness (QED) is 0.910. The second-order valence-corrected chi connectivity index (χ2v) is 7.62. The molecule has 2 fully saturated rings. The Hall–Kier alpha value is -1.88. The third-order valence-electron chi connectivity index (χ3n) is 5.58. The summed E-state index contributed by atoms with van der Waals surface area (Å²) in [5, 5.41) is 3.01. The van der Waals surface area contributed by atoms with E-state index in [1.165, 1.54) is 0 Å². The van der Waals surface area contributed by atoms with E-state index in [1.807, 2.05) is 49.1 Å². The van der Waals surface area contributed by atoms with E-state index < -0.39 is 5.41 Å². The summed E-state index contributed by atoms with van der Waals surface area (Å²) < 4.78 is 0. The molecule has 5 nitrogen and oxygen atoms in total. The zero-order valence-corrected chi connectivity index (χ0v) is 15.3. The maximum atomic E-state index is 13.1. The van der Waals surface area contributed by atoms with Gasteiger partial charge in [0.05, 0.1) is 11.5 Å². The summed E-state index contributed by atoms with van der Waals surface area (Å²) in [5.74, 6) is 0.325. The van der Waals surface area contributed by atoms with Crippen LogP contribution in [0.3, 0.4) is 0 Å². The fraction of sp³-hybridized carbons (Fsp3) is 0.600. The first-order chi connectivity index (χ1) is 12.0. The van der Waals surface area contributed by atoms with E-state index in [9.17, 15) is 9.59 Å². The van der Waals surface area contributed by atoms with Crippen LogP contribution in [-0.2, 0) is 15.0 Å². The van der Waals surface area contributed by atoms with Gasteiger partial charge in [0.25, 0.3) is 0 Å². The molecular formula is C20H29N3O2. The van der Waals surface area contributed by atoms with Gasteiger partial charge in [-0.25, -0.2) is 0 Å². The Morgan fingerprint density at radius 2 is 1.76 bits per heavy atom. The monoisotopic (exact) mass is 343 g/mol. The van der Waals surface area contributed by atoms with Gasteiger partial charge < -0.3 is 10.2 Å². The highest BCUT2D eigenvalue weighted by molar-refractivity contribution is 5.87. The molecule has 1 N–H and O–H groups in total. The highest BCUT2D eigenvalue weighted by Gasteiger charge is 2.37. The first-order valence-corrected chi connectivity index (χ1v) is 9.37. The number of carbonyl (C=O) groups is 2. The Kier molecular flexibility index (Phi) is 5.42. The molecule has 0 unspecified atom stereocenters. The molecule has 0 aromatic heterocycles. The van der Waals surface area contributed by atoms with Crippen LogP contribution >= 0.6 is 0 Å². The van der Waals surface area contributed by atoms with Crippen LogP contribution < -0.4 is 5.32 Å². The lowest BCUT2D eigenvalue weighted by Gasteiger charge is -2.41. The fourth-order valence-electron chi connectivity index (χ4n) is 3.88. The van der Waals surface area contributed by atoms with Gasteiger partial charge in [-0.1, -0.05) is 30.3 Å². The summed E-state index contributed by atoms with van der Waals surface area (Å²) in [7, 11) is 0. The van der Waals surface area contributed by atoms with Crippen molar-refractivity contribution in [3.63, 3.8) is 0 Å². The number of nitrogens with one attached hydrogen (secondary N) is 1. The maximum absolute atomic E-state index is 13.1. The van der Waals surface area contributed by atoms with E-state index in [0.717, 1.165) is 44.5 Å². The first kappa shape index (κ1) is 17.9. The van der Waals surface area contributed by atoms with E-state index in [1.54, 1.807) is 0 Å². The summed E-state index contributed by atoms with van der Waals surface area (Å²) in [5.41, 5.74) is 0.522. The van der Waals surface area contributed by atoms with Gasteiger partial charge in [-0.05, 0) is 38.7 Å². The van der Waals surface area contributed by atoms with Crippen molar-refractivity contribution in [1.82, 2.24) is 15.1 Å². The van der Waals surface area contributed by atoms with Crippen molar-refractivity contribution in [2.75, 3.05) is 32.7 Å². The van der Waals surface area contributed by atoms with Crippen LogP contribution in [0.1, 0.15) is 38.7 Å². The van der Waals surface area contributed by atoms with Gasteiger partial charge >= 0.3 is 0 Å². The largest absolute Gasteiger partial charge is 0.355 e. The molecule has 1 atom stereocenters. The molecule has 25 heavy (non-hydrogen) atoms. The first-order valence-electron chi connectivity index (χ1n) is 9.37. The summed E-state index contributed by atoms with van der Waals surface area (Å²) in [4.78, 5) is 29.5. The van der Waals surface area contributed by atoms with E-state index in [0.29, 0.717) is 13.1 Å². The molecular weight excluding hydrogens is 314 g/mol. The molecule has 1 aromatic carbocycles. The number of rotatable bonds is 3. The van der Waals surface area contributed by atoms with Crippen molar-refractivity contribution in [3.8, 4) is 0 Å². The van der Waals surface area contributed by atoms with Gasteiger partial charge in [0.2, 0.25) is 11.8 Å². The molecule has 2 aliphatic heterocycles. The van der Waals surface area contributed by atoms with Crippen molar-refractivity contribution in [1.29, 1.82) is 0 Å². The third kappa shape index (κ3) is 3.87. The van der Waals surface area contributed by atoms with Crippen molar-refractivity contribution >= 4 is 11.8 Å². The third-order valence-corrected chi connectivity index (χ3v) is 5.58. The summed E-state index contributed by atoms with van der Waals surface area (Å²) in [6.45, 7) is 7.71. The maximum Gasteiger partial charge on any atom is 0.237 e. The highest BCUT2D eigenvalue weighted by atomic mass is 16.2. The van der Waals surface area contributed by atoms with E-state index in [-0.39, 0.29) is 17.9 Å². The molecule has 136 valence electrons. The molecule has 2 saturated heterocycles. The number of amides is 2. The van der Waals surface area contributed by atoms with E-state index in [4.69, 9.17) is 0 Å². The molecule has 0 bridgehead atoms. The Labute approximate surface area is 150 Å². The van der Waals surface area contributed by atoms with Crippen LogP contribution in [0.25, 0.3) is 0 Å². The lowest BCUT2D eigenvalue weighted by molar-refractivity contribution is -0.139. The lowest BCUT2D eigenvalue weighted by atomic mass is 9.83. The van der Waals surface area contributed by atoms with Crippen molar-refractivity contribution in [2.24, 2.45) is 0 Å². The Morgan fingerprint density at radius 3 is 2.44 bits per heavy atom. The minimum absolute atomic E-state index is 0.0260.